The van der Waals surface area contributed by atoms with Crippen LogP contribution < -0.4 is 10.6 Å². The molecule has 1 saturated carbocycles. The third-order valence-electron chi connectivity index (χ3n) is 9.01. The number of hydrogen-bond acceptors (Lipinski definition) is 12. The second kappa shape index (κ2) is 14.9. The Hall–Kier alpha value is -3.89. The van der Waals surface area contributed by atoms with Gasteiger partial charge in [-0.05, 0) is 44.4 Å². The van der Waals surface area contributed by atoms with Crippen molar-refractivity contribution in [1.82, 2.24) is 20.6 Å². The standard InChI is InChI=1S/C34H46N4O11/c1-33(2,3)48-26(42)13-11-22(18-39)36-24(40)14-15-35-32(44)34-16-23-27-28(46-19-45-27)30(34)49-38(29(34)31(43)47-23)17-21-8-6-20(7-9-21)10-12-25(41)37(4)5/h6-10,12,22-23,27-30,39H,11,13-19H2,1-5H3,(H,35,44)(H,36,40)/t22-,23-,27-,28-,29-,30+,34-/m0/s1. The number of nitrogens with one attached hydrogen (secondary N) is 2. The van der Waals surface area contributed by atoms with E-state index in [0.717, 1.165) is 11.1 Å². The third kappa shape index (κ3) is 8.13. The summed E-state index contributed by atoms with van der Waals surface area (Å²) in [6.45, 7) is 4.97. The molecule has 49 heavy (non-hydrogen) atoms. The Morgan fingerprint density at radius 2 is 1.84 bits per heavy atom. The average molecular weight is 687 g/mol. The number of nitrogens with zero attached hydrogens (tertiary/aromatic N) is 2. The van der Waals surface area contributed by atoms with E-state index in [-0.39, 0.29) is 58.1 Å². The number of rotatable bonds is 13. The fourth-order valence-electron chi connectivity index (χ4n) is 6.71. The van der Waals surface area contributed by atoms with Crippen molar-refractivity contribution in [2.75, 3.05) is 34.0 Å². The molecule has 1 aliphatic carbocycles. The first-order valence-electron chi connectivity index (χ1n) is 16.5. The van der Waals surface area contributed by atoms with Crippen LogP contribution >= 0.6 is 0 Å². The third-order valence-corrected chi connectivity index (χ3v) is 9.01. The number of likely N-dealkylation sites (N-methyl/N-ethyl adjacent to an activating group) is 1. The zero-order valence-electron chi connectivity index (χ0n) is 28.5. The molecular formula is C34H46N4O11. The van der Waals surface area contributed by atoms with Crippen molar-refractivity contribution in [3.8, 4) is 0 Å². The van der Waals surface area contributed by atoms with Crippen LogP contribution in [0.4, 0.5) is 0 Å². The SMILES string of the molecule is CN(C)C(=O)C=Cc1ccc(CN2O[C@@H]3[C@H]4OCO[C@H]4[C@@H]4C[C@]3(C(=O)NCCC(=O)N[C@H](CO)CCC(=O)OC(C)(C)C)[C@@H]2C(=O)O4)cc1. The lowest BCUT2D eigenvalue weighted by Gasteiger charge is -2.48. The van der Waals surface area contributed by atoms with E-state index in [9.17, 15) is 29.1 Å². The van der Waals surface area contributed by atoms with Crippen LogP contribution in [0.15, 0.2) is 30.3 Å². The van der Waals surface area contributed by atoms with Crippen LogP contribution in [-0.4, -0.2) is 121 Å². The number of fused-ring (bicyclic) bond motifs is 4. The number of carbonyl (C=O) groups excluding carboxylic acids is 5. The monoisotopic (exact) mass is 686 g/mol. The lowest BCUT2D eigenvalue weighted by molar-refractivity contribution is -0.201. The van der Waals surface area contributed by atoms with Crippen molar-refractivity contribution in [2.24, 2.45) is 5.41 Å². The van der Waals surface area contributed by atoms with Gasteiger partial charge in [-0.25, -0.2) is 0 Å². The summed E-state index contributed by atoms with van der Waals surface area (Å²) >= 11 is 0. The topological polar surface area (TPSA) is 182 Å². The number of esters is 2. The minimum atomic E-state index is -1.37. The van der Waals surface area contributed by atoms with Gasteiger partial charge in [0, 0.05) is 46.0 Å². The molecule has 1 aromatic carbocycles. The summed E-state index contributed by atoms with van der Waals surface area (Å²) in [5, 5.41) is 16.7. The minimum absolute atomic E-state index is 0.0193. The van der Waals surface area contributed by atoms with Crippen molar-refractivity contribution < 1.29 is 52.9 Å². The number of aliphatic hydroxyl groups is 1. The zero-order chi connectivity index (χ0) is 35.5. The fourth-order valence-corrected chi connectivity index (χ4v) is 6.71. The molecule has 7 atom stereocenters. The lowest BCUT2D eigenvalue weighted by Crippen LogP contribution is -2.69. The summed E-state index contributed by atoms with van der Waals surface area (Å²) in [6, 6.07) is 5.61. The van der Waals surface area contributed by atoms with Crippen LogP contribution in [0.3, 0.4) is 0 Å². The van der Waals surface area contributed by atoms with E-state index in [1.54, 1.807) is 40.9 Å². The molecule has 5 rings (SSSR count). The van der Waals surface area contributed by atoms with Gasteiger partial charge in [-0.1, -0.05) is 24.3 Å². The van der Waals surface area contributed by atoms with Crippen LogP contribution in [0.2, 0.25) is 0 Å². The van der Waals surface area contributed by atoms with Crippen LogP contribution in [0.1, 0.15) is 57.6 Å². The van der Waals surface area contributed by atoms with Gasteiger partial charge in [0.2, 0.25) is 17.7 Å². The molecule has 3 amide bonds. The lowest BCUT2D eigenvalue weighted by atomic mass is 9.62. The quantitative estimate of drug-likeness (QED) is 0.193. The Kier molecular flexibility index (Phi) is 11.1. The molecule has 1 aromatic rings. The maximum absolute atomic E-state index is 14.1. The molecular weight excluding hydrogens is 640 g/mol. The smallest absolute Gasteiger partial charge is 0.327 e. The van der Waals surface area contributed by atoms with E-state index in [4.69, 9.17) is 23.8 Å². The highest BCUT2D eigenvalue weighted by atomic mass is 16.8. The van der Waals surface area contributed by atoms with Gasteiger partial charge < -0.3 is 39.6 Å². The summed E-state index contributed by atoms with van der Waals surface area (Å²) in [6.07, 6.45) is 0.611. The highest BCUT2D eigenvalue weighted by Crippen LogP contribution is 2.55. The van der Waals surface area contributed by atoms with Gasteiger partial charge in [0.05, 0.1) is 19.2 Å². The maximum Gasteiger partial charge on any atom is 0.327 e. The number of ether oxygens (including phenoxy) is 4. The molecule has 3 heterocycles. The molecule has 2 bridgehead atoms. The Morgan fingerprint density at radius 3 is 2.51 bits per heavy atom. The predicted molar refractivity (Wildman–Crippen MR) is 172 cm³/mol. The van der Waals surface area contributed by atoms with E-state index in [1.165, 1.54) is 16.0 Å². The Balaban J connectivity index is 1.24. The van der Waals surface area contributed by atoms with Gasteiger partial charge in [0.15, 0.2) is 6.04 Å². The van der Waals surface area contributed by atoms with Gasteiger partial charge in [-0.3, -0.25) is 28.8 Å². The van der Waals surface area contributed by atoms with Gasteiger partial charge in [0.1, 0.15) is 42.2 Å². The molecule has 15 nitrogen and oxygen atoms in total. The summed E-state index contributed by atoms with van der Waals surface area (Å²) in [7, 11) is 3.34. The van der Waals surface area contributed by atoms with Crippen molar-refractivity contribution >= 4 is 35.7 Å². The molecule has 15 heteroatoms. The first-order chi connectivity index (χ1) is 23.2. The molecule has 0 radical (unpaired) electrons. The molecule has 0 spiro atoms. The van der Waals surface area contributed by atoms with Gasteiger partial charge in [0.25, 0.3) is 0 Å². The van der Waals surface area contributed by atoms with Gasteiger partial charge in [-0.2, -0.15) is 5.06 Å². The number of hydrogen-bond donors (Lipinski definition) is 3. The highest BCUT2D eigenvalue weighted by molar-refractivity contribution is 5.94. The maximum atomic E-state index is 14.1. The molecule has 3 saturated heterocycles. The number of carbonyl (C=O) groups is 5. The molecule has 0 unspecified atom stereocenters. The first-order valence-corrected chi connectivity index (χ1v) is 16.5. The Labute approximate surface area is 285 Å². The minimum Gasteiger partial charge on any atom is -0.460 e. The van der Waals surface area contributed by atoms with E-state index in [0.29, 0.717) is 0 Å². The van der Waals surface area contributed by atoms with Gasteiger partial charge >= 0.3 is 11.9 Å². The van der Waals surface area contributed by atoms with Crippen molar-refractivity contribution in [1.29, 1.82) is 0 Å². The van der Waals surface area contributed by atoms with Gasteiger partial charge in [-0.15, -0.1) is 0 Å². The Morgan fingerprint density at radius 1 is 1.12 bits per heavy atom. The van der Waals surface area contributed by atoms with Crippen LogP contribution in [-0.2, 0) is 54.3 Å². The van der Waals surface area contributed by atoms with E-state index < -0.39 is 71.3 Å². The van der Waals surface area contributed by atoms with Crippen LogP contribution in [0, 0.1) is 5.41 Å². The highest BCUT2D eigenvalue weighted by Gasteiger charge is 2.74. The second-order valence-corrected chi connectivity index (χ2v) is 14.0. The molecule has 268 valence electrons. The average Bonchev–Trinajstić information content (AvgIpc) is 3.66. The van der Waals surface area contributed by atoms with E-state index >= 15 is 0 Å². The predicted octanol–water partition coefficient (Wildman–Crippen LogP) is 0.435. The van der Waals surface area contributed by atoms with Crippen molar-refractivity contribution in [2.45, 2.75) is 95.1 Å². The molecule has 3 aliphatic heterocycles. The van der Waals surface area contributed by atoms with Crippen molar-refractivity contribution in [3.05, 3.63) is 41.5 Å². The number of benzene rings is 1. The van der Waals surface area contributed by atoms with E-state index in [2.05, 4.69) is 10.6 Å². The first kappa shape index (κ1) is 36.4. The second-order valence-electron chi connectivity index (χ2n) is 14.0. The molecule has 0 aromatic heterocycles. The summed E-state index contributed by atoms with van der Waals surface area (Å²) in [5.41, 5.74) is -0.413. The number of hydroxylamine groups is 2. The van der Waals surface area contributed by atoms with Crippen LogP contribution in [0.5, 0.6) is 0 Å². The normalized spacial score (nSPS) is 28.0. The number of amides is 3. The fraction of sp³-hybridized carbons (Fsp3) is 0.618. The molecule has 4 aliphatic rings. The van der Waals surface area contributed by atoms with E-state index in [1.807, 2.05) is 24.3 Å². The van der Waals surface area contributed by atoms with Crippen molar-refractivity contribution in [3.63, 3.8) is 0 Å². The zero-order valence-corrected chi connectivity index (χ0v) is 28.5. The Bertz CT molecular complexity index is 1440. The number of aliphatic hydroxyl groups excluding tert-OH is 1. The molecule has 4 fully saturated rings. The van der Waals surface area contributed by atoms with Crippen LogP contribution in [0.25, 0.3) is 6.08 Å². The summed E-state index contributed by atoms with van der Waals surface area (Å²) < 4.78 is 22.7. The largest absolute Gasteiger partial charge is 0.460 e. The summed E-state index contributed by atoms with van der Waals surface area (Å²) in [5.74, 6) is -2.09. The summed E-state index contributed by atoms with van der Waals surface area (Å²) in [4.78, 5) is 72.2. The molecule has 3 N–H and O–H groups in total.